The summed E-state index contributed by atoms with van der Waals surface area (Å²) in [5, 5.41) is 2.75. The number of aromatic nitrogens is 2. The molecule has 1 aromatic heterocycles. The van der Waals surface area contributed by atoms with E-state index in [4.69, 9.17) is 4.74 Å². The lowest BCUT2D eigenvalue weighted by molar-refractivity contribution is -0.118. The number of imidazole rings is 1. The number of anilines is 1. The van der Waals surface area contributed by atoms with E-state index in [9.17, 15) is 9.18 Å². The summed E-state index contributed by atoms with van der Waals surface area (Å²) in [6.07, 6.45) is 3.30. The second-order valence-corrected chi connectivity index (χ2v) is 4.84. The number of halogens is 1. The highest BCUT2D eigenvalue weighted by molar-refractivity contribution is 5.92. The van der Waals surface area contributed by atoms with Crippen molar-refractivity contribution in [3.05, 3.63) is 66.9 Å². The van der Waals surface area contributed by atoms with Gasteiger partial charge in [0, 0.05) is 11.3 Å². The van der Waals surface area contributed by atoms with Crippen LogP contribution in [-0.2, 0) is 4.79 Å². The highest BCUT2D eigenvalue weighted by Gasteiger charge is 2.06. The molecule has 0 fully saturated rings. The van der Waals surface area contributed by atoms with Crippen LogP contribution in [0.4, 0.5) is 10.1 Å². The summed E-state index contributed by atoms with van der Waals surface area (Å²) in [5.41, 5.74) is 2.44. The molecule has 23 heavy (non-hydrogen) atoms. The topological polar surface area (TPSA) is 67.0 Å². The number of carbonyl (C=O) groups is 1. The van der Waals surface area contributed by atoms with E-state index < -0.39 is 0 Å². The van der Waals surface area contributed by atoms with Gasteiger partial charge in [-0.2, -0.15) is 0 Å². The minimum atomic E-state index is -0.350. The van der Waals surface area contributed by atoms with Crippen molar-refractivity contribution in [3.8, 4) is 17.0 Å². The molecule has 2 N–H and O–H groups in total. The Kier molecular flexibility index (Phi) is 4.33. The maximum Gasteiger partial charge on any atom is 0.262 e. The number of aromatic amines is 1. The highest BCUT2D eigenvalue weighted by atomic mass is 19.1. The van der Waals surface area contributed by atoms with E-state index in [1.54, 1.807) is 18.6 Å². The number of nitrogens with one attached hydrogen (secondary N) is 2. The minimum absolute atomic E-state index is 0.153. The van der Waals surface area contributed by atoms with Crippen LogP contribution >= 0.6 is 0 Å². The monoisotopic (exact) mass is 311 g/mol. The normalized spacial score (nSPS) is 10.3. The molecule has 0 unspecified atom stereocenters. The number of rotatable bonds is 5. The quantitative estimate of drug-likeness (QED) is 0.760. The molecule has 1 heterocycles. The first-order valence-electron chi connectivity index (χ1n) is 6.98. The molecule has 0 saturated carbocycles. The van der Waals surface area contributed by atoms with Gasteiger partial charge in [-0.15, -0.1) is 0 Å². The fourth-order valence-corrected chi connectivity index (χ4v) is 2.06. The molecule has 3 aromatic rings. The maximum atomic E-state index is 12.8. The van der Waals surface area contributed by atoms with Gasteiger partial charge in [-0.05, 0) is 36.4 Å². The molecule has 0 aliphatic rings. The molecule has 0 atom stereocenters. The first-order chi connectivity index (χ1) is 11.2. The van der Waals surface area contributed by atoms with Gasteiger partial charge >= 0.3 is 0 Å². The van der Waals surface area contributed by atoms with Crippen LogP contribution in [0.5, 0.6) is 5.75 Å². The van der Waals surface area contributed by atoms with E-state index in [0.29, 0.717) is 11.4 Å². The van der Waals surface area contributed by atoms with Crippen LogP contribution in [0.15, 0.2) is 61.1 Å². The largest absolute Gasteiger partial charge is 0.484 e. The zero-order chi connectivity index (χ0) is 16.1. The van der Waals surface area contributed by atoms with E-state index in [1.807, 2.05) is 18.2 Å². The predicted molar refractivity (Wildman–Crippen MR) is 84.5 cm³/mol. The van der Waals surface area contributed by atoms with Gasteiger partial charge in [0.15, 0.2) is 6.61 Å². The third-order valence-corrected chi connectivity index (χ3v) is 3.14. The lowest BCUT2D eigenvalue weighted by Crippen LogP contribution is -2.20. The summed E-state index contributed by atoms with van der Waals surface area (Å²) in [6, 6.07) is 12.9. The van der Waals surface area contributed by atoms with Crippen LogP contribution in [0.3, 0.4) is 0 Å². The first kappa shape index (κ1) is 14.8. The Morgan fingerprint density at radius 2 is 2.04 bits per heavy atom. The van der Waals surface area contributed by atoms with Crippen molar-refractivity contribution < 1.29 is 13.9 Å². The smallest absolute Gasteiger partial charge is 0.262 e. The molecule has 0 saturated heterocycles. The van der Waals surface area contributed by atoms with E-state index in [2.05, 4.69) is 15.3 Å². The van der Waals surface area contributed by atoms with E-state index in [-0.39, 0.29) is 18.3 Å². The standard InChI is InChI=1S/C17H14FN3O2/c18-13-4-6-15(7-5-13)23-10-17(22)21-14-3-1-2-12(8-14)16-9-19-11-20-16/h1-9,11H,10H2,(H,19,20)(H,21,22). The molecule has 0 radical (unpaired) electrons. The van der Waals surface area contributed by atoms with Crippen LogP contribution in [0.25, 0.3) is 11.3 Å². The molecular weight excluding hydrogens is 297 g/mol. The predicted octanol–water partition coefficient (Wildman–Crippen LogP) is 3.23. The highest BCUT2D eigenvalue weighted by Crippen LogP contribution is 2.20. The van der Waals surface area contributed by atoms with Crippen molar-refractivity contribution in [3.63, 3.8) is 0 Å². The Morgan fingerprint density at radius 1 is 1.22 bits per heavy atom. The van der Waals surface area contributed by atoms with Crippen LogP contribution in [0, 0.1) is 5.82 Å². The van der Waals surface area contributed by atoms with Gasteiger partial charge in [-0.3, -0.25) is 4.79 Å². The molecule has 0 aliphatic heterocycles. The molecule has 6 heteroatoms. The number of hydrogen-bond donors (Lipinski definition) is 2. The summed E-state index contributed by atoms with van der Waals surface area (Å²) in [6.45, 7) is -0.153. The number of nitrogens with zero attached hydrogens (tertiary/aromatic N) is 1. The Labute approximate surface area is 132 Å². The fourth-order valence-electron chi connectivity index (χ4n) is 2.06. The summed E-state index contributed by atoms with van der Waals surface area (Å²) in [4.78, 5) is 18.9. The van der Waals surface area contributed by atoms with E-state index in [1.165, 1.54) is 24.3 Å². The summed E-state index contributed by atoms with van der Waals surface area (Å²) in [7, 11) is 0. The van der Waals surface area contributed by atoms with Crippen molar-refractivity contribution in [1.29, 1.82) is 0 Å². The molecular formula is C17H14FN3O2. The maximum absolute atomic E-state index is 12.8. The third-order valence-electron chi connectivity index (χ3n) is 3.14. The average Bonchev–Trinajstić information content (AvgIpc) is 3.09. The number of hydrogen-bond acceptors (Lipinski definition) is 3. The lowest BCUT2D eigenvalue weighted by Gasteiger charge is -2.08. The van der Waals surface area contributed by atoms with Crippen molar-refractivity contribution >= 4 is 11.6 Å². The van der Waals surface area contributed by atoms with Gasteiger partial charge in [0.1, 0.15) is 11.6 Å². The number of H-pyrrole nitrogens is 1. The number of carbonyl (C=O) groups excluding carboxylic acids is 1. The van der Waals surface area contributed by atoms with Crippen molar-refractivity contribution in [2.45, 2.75) is 0 Å². The molecule has 0 bridgehead atoms. The molecule has 5 nitrogen and oxygen atoms in total. The van der Waals surface area contributed by atoms with Gasteiger partial charge in [-0.1, -0.05) is 12.1 Å². The van der Waals surface area contributed by atoms with Crippen molar-refractivity contribution in [2.75, 3.05) is 11.9 Å². The second kappa shape index (κ2) is 6.74. The Bertz CT molecular complexity index is 786. The molecule has 0 aliphatic carbocycles. The Balaban J connectivity index is 1.59. The first-order valence-corrected chi connectivity index (χ1v) is 6.98. The van der Waals surface area contributed by atoms with E-state index >= 15 is 0 Å². The zero-order valence-corrected chi connectivity index (χ0v) is 12.1. The van der Waals surface area contributed by atoms with Gasteiger partial charge in [0.25, 0.3) is 5.91 Å². The molecule has 3 rings (SSSR count). The lowest BCUT2D eigenvalue weighted by atomic mass is 10.1. The summed E-state index contributed by atoms with van der Waals surface area (Å²) in [5.74, 6) is -0.207. The van der Waals surface area contributed by atoms with Gasteiger partial charge < -0.3 is 15.0 Å². The third kappa shape index (κ3) is 3.94. The van der Waals surface area contributed by atoms with Crippen LogP contribution in [0.1, 0.15) is 0 Å². The molecule has 0 spiro atoms. The number of ether oxygens (including phenoxy) is 1. The fraction of sp³-hybridized carbons (Fsp3) is 0.0588. The Morgan fingerprint density at radius 3 is 2.78 bits per heavy atom. The zero-order valence-electron chi connectivity index (χ0n) is 12.1. The van der Waals surface area contributed by atoms with Crippen molar-refractivity contribution in [2.24, 2.45) is 0 Å². The summed E-state index contributed by atoms with van der Waals surface area (Å²) >= 11 is 0. The van der Waals surface area contributed by atoms with Crippen LogP contribution in [-0.4, -0.2) is 22.5 Å². The van der Waals surface area contributed by atoms with Crippen molar-refractivity contribution in [1.82, 2.24) is 9.97 Å². The van der Waals surface area contributed by atoms with Gasteiger partial charge in [0.05, 0.1) is 18.2 Å². The average molecular weight is 311 g/mol. The van der Waals surface area contributed by atoms with Crippen LogP contribution < -0.4 is 10.1 Å². The van der Waals surface area contributed by atoms with Gasteiger partial charge in [0.2, 0.25) is 0 Å². The van der Waals surface area contributed by atoms with E-state index in [0.717, 1.165) is 11.3 Å². The Hall–Kier alpha value is -3.15. The second-order valence-electron chi connectivity index (χ2n) is 4.84. The molecule has 2 aromatic carbocycles. The molecule has 1 amide bonds. The number of benzene rings is 2. The SMILES string of the molecule is O=C(COc1ccc(F)cc1)Nc1cccc(-c2cnc[nH]2)c1. The number of amides is 1. The molecule has 116 valence electrons. The minimum Gasteiger partial charge on any atom is -0.484 e. The van der Waals surface area contributed by atoms with Gasteiger partial charge in [-0.25, -0.2) is 9.37 Å². The summed E-state index contributed by atoms with van der Waals surface area (Å²) < 4.78 is 18.1. The van der Waals surface area contributed by atoms with Crippen LogP contribution in [0.2, 0.25) is 0 Å².